The lowest BCUT2D eigenvalue weighted by Gasteiger charge is -2.21. The van der Waals surface area contributed by atoms with Gasteiger partial charge in [-0.05, 0) is 37.5 Å². The van der Waals surface area contributed by atoms with Crippen molar-refractivity contribution in [1.82, 2.24) is 0 Å². The number of carbonyl (C=O) groups excluding carboxylic acids is 4. The van der Waals surface area contributed by atoms with Crippen molar-refractivity contribution in [2.75, 3.05) is 39.6 Å². The molecule has 6 atom stereocenters. The van der Waals surface area contributed by atoms with Crippen LogP contribution in [0.2, 0.25) is 0 Å². The van der Waals surface area contributed by atoms with Gasteiger partial charge in [0.25, 0.3) is 0 Å². The summed E-state index contributed by atoms with van der Waals surface area (Å²) in [7, 11) is -9.91. The SMILES string of the molecule is CCCCCCCCCCCCCCCCC(=O)O[C@H](COC(=O)CCCCCCCCCCC)COP(=O)(O)OC[C@H](O)COP(=O)(O)OC[C@@H](COC(=O)CCCCCCCCCCCCCC(C)C)OC(=O)CCCCCCCCCCCCCCCCC(C)CC. The average Bonchev–Trinajstić information content (AvgIpc) is 1.97. The number of rotatable bonds is 75. The van der Waals surface area contributed by atoms with E-state index in [1.54, 1.807) is 0 Å². The molecule has 0 bridgehead atoms. The number of phosphoric ester groups is 2. The van der Waals surface area contributed by atoms with Gasteiger partial charge < -0.3 is 33.8 Å². The van der Waals surface area contributed by atoms with Crippen molar-refractivity contribution in [2.45, 2.75) is 413 Å². The van der Waals surface area contributed by atoms with Gasteiger partial charge in [0.1, 0.15) is 19.3 Å². The summed E-state index contributed by atoms with van der Waals surface area (Å²) in [6, 6.07) is 0. The van der Waals surface area contributed by atoms with Gasteiger partial charge in [0.2, 0.25) is 0 Å². The summed E-state index contributed by atoms with van der Waals surface area (Å²) in [5.74, 6) is -0.498. The van der Waals surface area contributed by atoms with Crippen LogP contribution in [0.15, 0.2) is 0 Å². The molecule has 0 aromatic rings. The lowest BCUT2D eigenvalue weighted by atomic mass is 9.99. The van der Waals surface area contributed by atoms with E-state index in [4.69, 9.17) is 37.0 Å². The minimum atomic E-state index is -4.96. The van der Waals surface area contributed by atoms with Crippen LogP contribution < -0.4 is 0 Å². The zero-order valence-electron chi connectivity index (χ0n) is 62.0. The molecule has 0 aromatic heterocycles. The number of carbonyl (C=O) groups is 4. The zero-order chi connectivity index (χ0) is 70.0. The highest BCUT2D eigenvalue weighted by Gasteiger charge is 2.30. The summed E-state index contributed by atoms with van der Waals surface area (Å²) in [4.78, 5) is 72.8. The van der Waals surface area contributed by atoms with Crippen LogP contribution >= 0.6 is 15.6 Å². The molecular formula is C76H148O17P2. The Balaban J connectivity index is 5.23. The van der Waals surface area contributed by atoms with Crippen LogP contribution in [0.1, 0.15) is 395 Å². The Labute approximate surface area is 581 Å². The lowest BCUT2D eigenvalue weighted by Crippen LogP contribution is -2.30. The topological polar surface area (TPSA) is 237 Å². The Morgan fingerprint density at radius 3 is 0.800 bits per heavy atom. The number of esters is 4. The fraction of sp³-hybridized carbons (Fsp3) is 0.947. The molecule has 17 nitrogen and oxygen atoms in total. The van der Waals surface area contributed by atoms with Gasteiger partial charge in [0.15, 0.2) is 12.2 Å². The molecule has 3 N–H and O–H groups in total. The lowest BCUT2D eigenvalue weighted by molar-refractivity contribution is -0.161. The maximum absolute atomic E-state index is 13.1. The number of ether oxygens (including phenoxy) is 4. The fourth-order valence-corrected chi connectivity index (χ4v) is 13.2. The molecule has 19 heteroatoms. The molecule has 0 heterocycles. The molecule has 0 saturated heterocycles. The highest BCUT2D eigenvalue weighted by molar-refractivity contribution is 7.47. The number of hydrogen-bond acceptors (Lipinski definition) is 15. The molecule has 0 aliphatic rings. The van der Waals surface area contributed by atoms with Crippen molar-refractivity contribution in [3.63, 3.8) is 0 Å². The number of aliphatic hydroxyl groups excluding tert-OH is 1. The summed E-state index contributed by atoms with van der Waals surface area (Å²) in [5, 5.41) is 10.6. The van der Waals surface area contributed by atoms with Gasteiger partial charge in [0, 0.05) is 25.7 Å². The van der Waals surface area contributed by atoms with E-state index in [2.05, 4.69) is 41.5 Å². The normalized spacial score (nSPS) is 14.3. The Hall–Kier alpha value is -1.94. The average molecular weight is 1400 g/mol. The minimum Gasteiger partial charge on any atom is -0.462 e. The molecule has 3 unspecified atom stereocenters. The summed E-state index contributed by atoms with van der Waals surface area (Å²) >= 11 is 0. The molecule has 0 spiro atoms. The van der Waals surface area contributed by atoms with Crippen LogP contribution in [0, 0.1) is 11.8 Å². The second-order valence-corrected chi connectivity index (χ2v) is 31.0. The maximum atomic E-state index is 13.1. The summed E-state index contributed by atoms with van der Waals surface area (Å²) in [6.07, 6.45) is 55.3. The van der Waals surface area contributed by atoms with E-state index < -0.39 is 97.5 Å². The number of phosphoric acid groups is 2. The van der Waals surface area contributed by atoms with Gasteiger partial charge in [-0.25, -0.2) is 9.13 Å². The van der Waals surface area contributed by atoms with E-state index in [0.717, 1.165) is 102 Å². The first-order valence-corrected chi connectivity index (χ1v) is 42.5. The minimum absolute atomic E-state index is 0.108. The molecule has 564 valence electrons. The molecule has 0 amide bonds. The van der Waals surface area contributed by atoms with Crippen molar-refractivity contribution >= 4 is 39.5 Å². The predicted octanol–water partition coefficient (Wildman–Crippen LogP) is 22.3. The Morgan fingerprint density at radius 1 is 0.305 bits per heavy atom. The maximum Gasteiger partial charge on any atom is 0.472 e. The van der Waals surface area contributed by atoms with Gasteiger partial charge >= 0.3 is 39.5 Å². The monoisotopic (exact) mass is 1400 g/mol. The number of aliphatic hydroxyl groups is 1. The van der Waals surface area contributed by atoms with E-state index >= 15 is 0 Å². The van der Waals surface area contributed by atoms with Crippen LogP contribution in [-0.2, 0) is 65.4 Å². The molecule has 0 aliphatic carbocycles. The van der Waals surface area contributed by atoms with Gasteiger partial charge in [-0.2, -0.15) is 0 Å². The van der Waals surface area contributed by atoms with E-state index in [-0.39, 0.29) is 25.7 Å². The smallest absolute Gasteiger partial charge is 0.462 e. The third kappa shape index (κ3) is 69.0. The number of hydrogen-bond donors (Lipinski definition) is 3. The first-order chi connectivity index (χ1) is 45.9. The third-order valence-corrected chi connectivity index (χ3v) is 20.0. The standard InChI is InChI=1S/C76H148O17P2/c1-7-10-12-14-16-18-19-20-24-29-36-42-48-54-60-75(80)92-71(64-86-73(78)58-52-46-40-32-17-15-13-11-8-2)66-90-94(82,83)88-62-70(77)63-89-95(84,85)91-67-72(65-87-74(79)59-53-47-41-35-31-26-27-33-38-44-50-56-68(4)5)93-76(81)61-55-49-43-37-30-25-22-21-23-28-34-39-45-51-57-69(6)9-3/h68-72,77H,7-67H2,1-6H3,(H,82,83)(H,84,85)/t69?,70-,71+,72+/m0/s1. The largest absolute Gasteiger partial charge is 0.472 e. The van der Waals surface area contributed by atoms with Crippen LogP contribution in [0.5, 0.6) is 0 Å². The molecule has 0 aromatic carbocycles. The van der Waals surface area contributed by atoms with Crippen LogP contribution in [0.4, 0.5) is 0 Å². The van der Waals surface area contributed by atoms with Gasteiger partial charge in [-0.3, -0.25) is 37.3 Å². The second-order valence-electron chi connectivity index (χ2n) is 28.1. The summed E-state index contributed by atoms with van der Waals surface area (Å²) in [5.41, 5.74) is 0. The summed E-state index contributed by atoms with van der Waals surface area (Å²) < 4.78 is 68.5. The van der Waals surface area contributed by atoms with Crippen molar-refractivity contribution in [3.05, 3.63) is 0 Å². The fourth-order valence-electron chi connectivity index (χ4n) is 11.6. The molecule has 0 aliphatic heterocycles. The van der Waals surface area contributed by atoms with E-state index in [1.165, 1.54) is 212 Å². The Morgan fingerprint density at radius 2 is 0.537 bits per heavy atom. The number of unbranched alkanes of at least 4 members (excludes halogenated alkanes) is 44. The molecule has 0 rings (SSSR count). The van der Waals surface area contributed by atoms with Gasteiger partial charge in [0.05, 0.1) is 26.4 Å². The van der Waals surface area contributed by atoms with E-state index in [9.17, 15) is 43.2 Å². The second kappa shape index (κ2) is 67.9. The predicted molar refractivity (Wildman–Crippen MR) is 386 cm³/mol. The summed E-state index contributed by atoms with van der Waals surface area (Å²) in [6.45, 7) is 9.65. The van der Waals surface area contributed by atoms with Gasteiger partial charge in [-0.15, -0.1) is 0 Å². The first kappa shape index (κ1) is 93.1. The Bertz CT molecular complexity index is 1840. The van der Waals surface area contributed by atoms with Crippen molar-refractivity contribution < 1.29 is 80.2 Å². The van der Waals surface area contributed by atoms with Gasteiger partial charge in [-0.1, -0.05) is 343 Å². The molecule has 0 radical (unpaired) electrons. The molecule has 95 heavy (non-hydrogen) atoms. The van der Waals surface area contributed by atoms with E-state index in [0.29, 0.717) is 25.7 Å². The van der Waals surface area contributed by atoms with Crippen molar-refractivity contribution in [3.8, 4) is 0 Å². The van der Waals surface area contributed by atoms with Crippen LogP contribution in [-0.4, -0.2) is 96.7 Å². The van der Waals surface area contributed by atoms with Crippen LogP contribution in [0.25, 0.3) is 0 Å². The van der Waals surface area contributed by atoms with E-state index in [1.807, 2.05) is 0 Å². The molecule has 0 saturated carbocycles. The van der Waals surface area contributed by atoms with Crippen molar-refractivity contribution in [2.24, 2.45) is 11.8 Å². The highest BCUT2D eigenvalue weighted by Crippen LogP contribution is 2.45. The molecular weight excluding hydrogens is 1250 g/mol. The third-order valence-electron chi connectivity index (χ3n) is 18.1. The zero-order valence-corrected chi connectivity index (χ0v) is 63.8. The first-order valence-electron chi connectivity index (χ1n) is 39.5. The van der Waals surface area contributed by atoms with Crippen LogP contribution in [0.3, 0.4) is 0 Å². The highest BCUT2D eigenvalue weighted by atomic mass is 31.2. The quantitative estimate of drug-likeness (QED) is 0.0222. The molecule has 0 fully saturated rings. The Kier molecular flexibility index (Phi) is 66.5. The van der Waals surface area contributed by atoms with Crippen molar-refractivity contribution in [1.29, 1.82) is 0 Å².